The minimum atomic E-state index is -0.572. The van der Waals surface area contributed by atoms with E-state index in [2.05, 4.69) is 15.6 Å². The first kappa shape index (κ1) is 18.0. The molecule has 1 saturated carbocycles. The monoisotopic (exact) mass is 357 g/mol. The van der Waals surface area contributed by atoms with Crippen LogP contribution in [0.2, 0.25) is 0 Å². The lowest BCUT2D eigenvalue weighted by Crippen LogP contribution is -2.31. The van der Waals surface area contributed by atoms with E-state index >= 15 is 0 Å². The highest BCUT2D eigenvalue weighted by Gasteiger charge is 2.23. The third-order valence-corrected chi connectivity index (χ3v) is 4.57. The summed E-state index contributed by atoms with van der Waals surface area (Å²) in [5.41, 5.74) is 1.60. The van der Waals surface area contributed by atoms with Gasteiger partial charge < -0.3 is 14.5 Å². The van der Waals surface area contributed by atoms with Gasteiger partial charge in [0.1, 0.15) is 0 Å². The number of hydrogen-bond acceptors (Lipinski definition) is 5. The fourth-order valence-corrected chi connectivity index (χ4v) is 3.06. The Labute approximate surface area is 152 Å². The van der Waals surface area contributed by atoms with Crippen molar-refractivity contribution in [3.05, 3.63) is 48.2 Å². The molecule has 138 valence electrons. The van der Waals surface area contributed by atoms with Gasteiger partial charge in [-0.05, 0) is 37.5 Å². The summed E-state index contributed by atoms with van der Waals surface area (Å²) in [4.78, 5) is 27.7. The molecule has 7 heteroatoms. The van der Waals surface area contributed by atoms with E-state index in [4.69, 9.17) is 9.15 Å². The molecule has 0 spiro atoms. The van der Waals surface area contributed by atoms with Gasteiger partial charge in [-0.2, -0.15) is 0 Å². The normalized spacial score (nSPS) is 15.4. The van der Waals surface area contributed by atoms with E-state index in [9.17, 15) is 9.59 Å². The first-order valence-electron chi connectivity index (χ1n) is 8.83. The Kier molecular flexibility index (Phi) is 5.88. The van der Waals surface area contributed by atoms with Crippen LogP contribution in [0.5, 0.6) is 0 Å². The van der Waals surface area contributed by atoms with Gasteiger partial charge in [0.05, 0.1) is 12.2 Å². The molecule has 0 aliphatic heterocycles. The lowest BCUT2D eigenvalue weighted by atomic mass is 10.0. The van der Waals surface area contributed by atoms with E-state index in [0.29, 0.717) is 11.4 Å². The molecule has 2 amide bonds. The van der Waals surface area contributed by atoms with Gasteiger partial charge in [-0.3, -0.25) is 10.1 Å². The third kappa shape index (κ3) is 4.84. The molecule has 2 aromatic rings. The molecular formula is C19H23N3O4. The van der Waals surface area contributed by atoms with E-state index in [-0.39, 0.29) is 24.5 Å². The van der Waals surface area contributed by atoms with Crippen molar-refractivity contribution in [3.8, 4) is 0 Å². The molecule has 1 heterocycles. The topological polar surface area (TPSA) is 93.5 Å². The standard InChI is InChI=1S/C19H23N3O4/c1-13(21-18(23)15-4-2-3-5-15)14-6-8-16(9-7-14)22-19(24)25-11-17-10-20-12-26-17/h6-10,12-13,15H,2-5,11H2,1H3,(H,21,23)(H,22,24). The fourth-order valence-electron chi connectivity index (χ4n) is 3.06. The fraction of sp³-hybridized carbons (Fsp3) is 0.421. The van der Waals surface area contributed by atoms with Crippen molar-refractivity contribution in [3.63, 3.8) is 0 Å². The number of nitrogens with zero attached hydrogens (tertiary/aromatic N) is 1. The summed E-state index contributed by atoms with van der Waals surface area (Å²) < 4.78 is 10.0. The molecule has 1 fully saturated rings. The minimum Gasteiger partial charge on any atom is -0.445 e. The predicted octanol–water partition coefficient (Wildman–Crippen LogP) is 3.79. The number of aromatic nitrogens is 1. The van der Waals surface area contributed by atoms with Gasteiger partial charge in [0.15, 0.2) is 18.8 Å². The highest BCUT2D eigenvalue weighted by Crippen LogP contribution is 2.26. The number of nitrogens with one attached hydrogen (secondary N) is 2. The van der Waals surface area contributed by atoms with Gasteiger partial charge in [-0.25, -0.2) is 9.78 Å². The van der Waals surface area contributed by atoms with Crippen molar-refractivity contribution in [2.24, 2.45) is 5.92 Å². The zero-order valence-electron chi connectivity index (χ0n) is 14.7. The Balaban J connectivity index is 1.47. The van der Waals surface area contributed by atoms with Crippen LogP contribution in [0.4, 0.5) is 10.5 Å². The Bertz CT molecular complexity index is 722. The maximum atomic E-state index is 12.2. The molecule has 1 atom stereocenters. The van der Waals surface area contributed by atoms with Gasteiger partial charge >= 0.3 is 6.09 Å². The second-order valence-electron chi connectivity index (χ2n) is 6.50. The summed E-state index contributed by atoms with van der Waals surface area (Å²) in [6.07, 6.45) is 6.44. The minimum absolute atomic E-state index is 0.0220. The lowest BCUT2D eigenvalue weighted by molar-refractivity contribution is -0.125. The first-order valence-corrected chi connectivity index (χ1v) is 8.83. The summed E-state index contributed by atoms with van der Waals surface area (Å²) in [7, 11) is 0. The van der Waals surface area contributed by atoms with Crippen LogP contribution in [0.25, 0.3) is 0 Å². The number of amides is 2. The van der Waals surface area contributed by atoms with Gasteiger partial charge in [0, 0.05) is 11.6 Å². The Morgan fingerprint density at radius 3 is 2.65 bits per heavy atom. The third-order valence-electron chi connectivity index (χ3n) is 4.57. The molecule has 1 aliphatic carbocycles. The van der Waals surface area contributed by atoms with Gasteiger partial charge in [-0.1, -0.05) is 25.0 Å². The second kappa shape index (κ2) is 8.51. The lowest BCUT2D eigenvalue weighted by Gasteiger charge is -2.17. The average molecular weight is 357 g/mol. The zero-order chi connectivity index (χ0) is 18.4. The molecule has 0 bridgehead atoms. The number of carbonyl (C=O) groups excluding carboxylic acids is 2. The zero-order valence-corrected chi connectivity index (χ0v) is 14.7. The van der Waals surface area contributed by atoms with Crippen molar-refractivity contribution in [1.82, 2.24) is 10.3 Å². The first-order chi connectivity index (χ1) is 12.6. The largest absolute Gasteiger partial charge is 0.445 e. The molecule has 1 aromatic carbocycles. The molecule has 7 nitrogen and oxygen atoms in total. The molecule has 2 N–H and O–H groups in total. The Morgan fingerprint density at radius 1 is 1.27 bits per heavy atom. The number of anilines is 1. The number of ether oxygens (including phenoxy) is 1. The number of rotatable bonds is 6. The summed E-state index contributed by atoms with van der Waals surface area (Å²) >= 11 is 0. The van der Waals surface area contributed by atoms with Crippen LogP contribution in [0.1, 0.15) is 50.0 Å². The molecule has 1 unspecified atom stereocenters. The summed E-state index contributed by atoms with van der Waals surface area (Å²) in [6.45, 7) is 1.98. The van der Waals surface area contributed by atoms with Crippen LogP contribution in [-0.4, -0.2) is 17.0 Å². The van der Waals surface area contributed by atoms with Crippen LogP contribution in [0, 0.1) is 5.92 Å². The number of carbonyl (C=O) groups is 2. The molecule has 0 radical (unpaired) electrons. The molecule has 1 aromatic heterocycles. The summed E-state index contributed by atoms with van der Waals surface area (Å²) in [5.74, 6) is 0.757. The van der Waals surface area contributed by atoms with Crippen LogP contribution in [0.15, 0.2) is 41.3 Å². The van der Waals surface area contributed by atoms with E-state index in [1.165, 1.54) is 12.6 Å². The molecular weight excluding hydrogens is 334 g/mol. The smallest absolute Gasteiger partial charge is 0.412 e. The van der Waals surface area contributed by atoms with Gasteiger partial charge in [0.2, 0.25) is 5.91 Å². The number of oxazole rings is 1. The molecule has 0 saturated heterocycles. The Hall–Kier alpha value is -2.83. The van der Waals surface area contributed by atoms with Gasteiger partial charge in [0.25, 0.3) is 0 Å². The quantitative estimate of drug-likeness (QED) is 0.820. The number of benzene rings is 1. The molecule has 3 rings (SSSR count). The maximum Gasteiger partial charge on any atom is 0.412 e. The summed E-state index contributed by atoms with van der Waals surface area (Å²) in [5, 5.41) is 5.71. The van der Waals surface area contributed by atoms with Crippen LogP contribution in [-0.2, 0) is 16.1 Å². The highest BCUT2D eigenvalue weighted by molar-refractivity contribution is 5.84. The molecule has 26 heavy (non-hydrogen) atoms. The second-order valence-corrected chi connectivity index (χ2v) is 6.50. The van der Waals surface area contributed by atoms with Crippen molar-refractivity contribution < 1.29 is 18.7 Å². The van der Waals surface area contributed by atoms with Crippen molar-refractivity contribution in [2.75, 3.05) is 5.32 Å². The maximum absolute atomic E-state index is 12.2. The van der Waals surface area contributed by atoms with Crippen LogP contribution >= 0.6 is 0 Å². The van der Waals surface area contributed by atoms with E-state index in [1.807, 2.05) is 19.1 Å². The predicted molar refractivity (Wildman–Crippen MR) is 95.3 cm³/mol. The van der Waals surface area contributed by atoms with Crippen LogP contribution < -0.4 is 10.6 Å². The summed E-state index contributed by atoms with van der Waals surface area (Å²) in [6, 6.07) is 7.25. The van der Waals surface area contributed by atoms with E-state index in [0.717, 1.165) is 31.2 Å². The van der Waals surface area contributed by atoms with Crippen molar-refractivity contribution >= 4 is 17.7 Å². The highest BCUT2D eigenvalue weighted by atomic mass is 16.6. The van der Waals surface area contributed by atoms with E-state index < -0.39 is 6.09 Å². The Morgan fingerprint density at radius 2 is 2.00 bits per heavy atom. The van der Waals surface area contributed by atoms with Crippen LogP contribution in [0.3, 0.4) is 0 Å². The van der Waals surface area contributed by atoms with Crippen molar-refractivity contribution in [1.29, 1.82) is 0 Å². The molecule has 1 aliphatic rings. The van der Waals surface area contributed by atoms with E-state index in [1.54, 1.807) is 12.1 Å². The average Bonchev–Trinajstić information content (AvgIpc) is 3.34. The SMILES string of the molecule is CC(NC(=O)C1CCCC1)c1ccc(NC(=O)OCc2cnco2)cc1. The van der Waals surface area contributed by atoms with Crippen molar-refractivity contribution in [2.45, 2.75) is 45.3 Å². The van der Waals surface area contributed by atoms with Gasteiger partial charge in [-0.15, -0.1) is 0 Å². The number of hydrogen-bond donors (Lipinski definition) is 2.